The number of fused-ring (bicyclic) bond motifs is 1. The van der Waals surface area contributed by atoms with Crippen LogP contribution in [-0.2, 0) is 13.1 Å². The van der Waals surface area contributed by atoms with Crippen molar-refractivity contribution in [3.05, 3.63) is 70.8 Å². The second-order valence-electron chi connectivity index (χ2n) is 4.49. The van der Waals surface area contributed by atoms with E-state index in [4.69, 9.17) is 0 Å². The van der Waals surface area contributed by atoms with Gasteiger partial charge < -0.3 is 4.90 Å². The summed E-state index contributed by atoms with van der Waals surface area (Å²) in [5.41, 5.74) is 1.74. The highest BCUT2D eigenvalue weighted by Gasteiger charge is 2.28. The van der Waals surface area contributed by atoms with Gasteiger partial charge in [-0.05, 0) is 29.3 Å². The van der Waals surface area contributed by atoms with Crippen molar-refractivity contribution in [1.29, 1.82) is 0 Å². The minimum absolute atomic E-state index is 0.251. The zero-order valence-electron chi connectivity index (χ0n) is 9.99. The highest BCUT2D eigenvalue weighted by Crippen LogP contribution is 2.26. The van der Waals surface area contributed by atoms with Gasteiger partial charge in [0.05, 0.1) is 0 Å². The molecule has 0 atom stereocenters. The van der Waals surface area contributed by atoms with E-state index in [1.165, 1.54) is 0 Å². The predicted molar refractivity (Wildman–Crippen MR) is 65.2 cm³/mol. The van der Waals surface area contributed by atoms with Crippen molar-refractivity contribution in [2.45, 2.75) is 13.1 Å². The van der Waals surface area contributed by atoms with E-state index in [-0.39, 0.29) is 11.5 Å². The number of halogens is 2. The number of rotatable bonds is 2. The molecule has 0 bridgehead atoms. The quantitative estimate of drug-likeness (QED) is 0.811. The van der Waals surface area contributed by atoms with E-state index in [1.54, 1.807) is 17.0 Å². The average molecular weight is 258 g/mol. The fourth-order valence-corrected chi connectivity index (χ4v) is 2.24. The van der Waals surface area contributed by atoms with Crippen molar-refractivity contribution in [1.82, 2.24) is 4.90 Å². The summed E-state index contributed by atoms with van der Waals surface area (Å²) in [7, 11) is 0. The molecule has 1 heterocycles. The van der Waals surface area contributed by atoms with Crippen molar-refractivity contribution < 1.29 is 13.6 Å². The van der Waals surface area contributed by atoms with Crippen LogP contribution in [0.3, 0.4) is 0 Å². The molecule has 0 aliphatic carbocycles. The summed E-state index contributed by atoms with van der Waals surface area (Å²) in [6, 6.07) is 12.2. The molecule has 95 valence electrons. The summed E-state index contributed by atoms with van der Waals surface area (Å²) < 4.78 is 26.3. The van der Waals surface area contributed by atoms with Crippen LogP contribution in [0.1, 0.15) is 21.5 Å². The van der Waals surface area contributed by atoms with Crippen molar-refractivity contribution >= 4 is 5.91 Å². The Bertz CT molecular complexity index is 640. The number of hydrogen-bond donors (Lipinski definition) is 0. The molecule has 0 saturated heterocycles. The Morgan fingerprint density at radius 1 is 1.16 bits per heavy atom. The Kier molecular flexibility index (Phi) is 2.78. The van der Waals surface area contributed by atoms with Crippen molar-refractivity contribution in [2.75, 3.05) is 0 Å². The van der Waals surface area contributed by atoms with E-state index in [2.05, 4.69) is 6.07 Å². The van der Waals surface area contributed by atoms with Crippen molar-refractivity contribution in [3.8, 4) is 0 Å². The monoisotopic (exact) mass is 258 g/mol. The predicted octanol–water partition coefficient (Wildman–Crippen LogP) is 2.92. The fraction of sp³-hybridized carbons (Fsp3) is 0.133. The smallest absolute Gasteiger partial charge is 0.254 e. The molecule has 4 heteroatoms. The lowest BCUT2D eigenvalue weighted by Gasteiger charge is -2.15. The Hall–Kier alpha value is -2.23. The number of benzene rings is 2. The molecule has 1 amide bonds. The topological polar surface area (TPSA) is 20.3 Å². The zero-order valence-corrected chi connectivity index (χ0v) is 9.99. The molecule has 1 radical (unpaired) electrons. The summed E-state index contributed by atoms with van der Waals surface area (Å²) >= 11 is 0. The van der Waals surface area contributed by atoms with Crippen LogP contribution in [-0.4, -0.2) is 10.8 Å². The molecule has 0 N–H and O–H groups in total. The minimum atomic E-state index is -0.983. The first-order valence-corrected chi connectivity index (χ1v) is 5.87. The van der Waals surface area contributed by atoms with Gasteiger partial charge in [0.15, 0.2) is 11.6 Å². The van der Waals surface area contributed by atoms with Crippen LogP contribution in [0.5, 0.6) is 0 Å². The fourth-order valence-electron chi connectivity index (χ4n) is 2.24. The van der Waals surface area contributed by atoms with Gasteiger partial charge in [-0.2, -0.15) is 0 Å². The lowest BCUT2D eigenvalue weighted by Crippen LogP contribution is -2.23. The van der Waals surface area contributed by atoms with Crippen LogP contribution in [0.2, 0.25) is 0 Å². The Balaban J connectivity index is 1.87. The third-order valence-corrected chi connectivity index (χ3v) is 3.19. The highest BCUT2D eigenvalue weighted by atomic mass is 19.2. The van der Waals surface area contributed by atoms with E-state index in [0.29, 0.717) is 18.7 Å². The van der Waals surface area contributed by atoms with Gasteiger partial charge in [0, 0.05) is 18.7 Å². The van der Waals surface area contributed by atoms with Crippen LogP contribution in [0.25, 0.3) is 0 Å². The number of carbonyl (C=O) groups excluding carboxylic acids is 1. The SMILES string of the molecule is O=C1c2cc(F)c(F)cc2CN1Cc1cc[c]cc1. The van der Waals surface area contributed by atoms with Crippen molar-refractivity contribution in [3.63, 3.8) is 0 Å². The van der Waals surface area contributed by atoms with E-state index >= 15 is 0 Å². The summed E-state index contributed by atoms with van der Waals surface area (Å²) in [5.74, 6) is -2.16. The molecule has 2 nitrogen and oxygen atoms in total. The summed E-state index contributed by atoms with van der Waals surface area (Å²) in [6.45, 7) is 0.732. The number of hydrogen-bond acceptors (Lipinski definition) is 1. The molecule has 0 fully saturated rings. The third-order valence-electron chi connectivity index (χ3n) is 3.19. The molecule has 3 rings (SSSR count). The molecule has 19 heavy (non-hydrogen) atoms. The van der Waals surface area contributed by atoms with E-state index in [0.717, 1.165) is 17.7 Å². The van der Waals surface area contributed by atoms with Crippen LogP contribution < -0.4 is 0 Å². The van der Waals surface area contributed by atoms with Gasteiger partial charge in [-0.3, -0.25) is 4.79 Å². The number of carbonyl (C=O) groups is 1. The van der Waals surface area contributed by atoms with Gasteiger partial charge in [-0.25, -0.2) is 8.78 Å². The normalized spacial score (nSPS) is 13.8. The number of nitrogens with zero attached hydrogens (tertiary/aromatic N) is 1. The van der Waals surface area contributed by atoms with Crippen LogP contribution >= 0.6 is 0 Å². The zero-order chi connectivity index (χ0) is 13.4. The van der Waals surface area contributed by atoms with Gasteiger partial charge in [0.25, 0.3) is 5.91 Å². The van der Waals surface area contributed by atoms with Crippen LogP contribution in [0.15, 0.2) is 36.4 Å². The van der Waals surface area contributed by atoms with Gasteiger partial charge in [0.2, 0.25) is 0 Å². The first kappa shape index (κ1) is 11.8. The summed E-state index contributed by atoms with van der Waals surface area (Å²) in [6.07, 6.45) is 0. The van der Waals surface area contributed by atoms with E-state index in [9.17, 15) is 13.6 Å². The van der Waals surface area contributed by atoms with Gasteiger partial charge in [-0.15, -0.1) is 0 Å². The molecule has 0 unspecified atom stereocenters. The maximum Gasteiger partial charge on any atom is 0.254 e. The van der Waals surface area contributed by atoms with Gasteiger partial charge >= 0.3 is 0 Å². The van der Waals surface area contributed by atoms with Crippen LogP contribution in [0.4, 0.5) is 8.78 Å². The maximum absolute atomic E-state index is 13.2. The first-order chi connectivity index (χ1) is 9.15. The molecule has 0 aromatic heterocycles. The molecule has 1 aliphatic heterocycles. The molecule has 0 spiro atoms. The average Bonchev–Trinajstić information content (AvgIpc) is 2.69. The number of amides is 1. The third kappa shape index (κ3) is 2.10. The van der Waals surface area contributed by atoms with Gasteiger partial charge in [-0.1, -0.05) is 24.3 Å². The second kappa shape index (κ2) is 4.46. The van der Waals surface area contributed by atoms with Gasteiger partial charge in [0.1, 0.15) is 0 Å². The van der Waals surface area contributed by atoms with Crippen molar-refractivity contribution in [2.24, 2.45) is 0 Å². The van der Waals surface area contributed by atoms with Crippen LogP contribution in [0, 0.1) is 17.7 Å². The first-order valence-electron chi connectivity index (χ1n) is 5.87. The highest BCUT2D eigenvalue weighted by molar-refractivity contribution is 5.98. The van der Waals surface area contributed by atoms with E-state index < -0.39 is 11.6 Å². The lowest BCUT2D eigenvalue weighted by atomic mass is 10.1. The Morgan fingerprint density at radius 3 is 2.58 bits per heavy atom. The Labute approximate surface area is 109 Å². The molecule has 1 aliphatic rings. The van der Waals surface area contributed by atoms with E-state index in [1.807, 2.05) is 12.1 Å². The second-order valence-corrected chi connectivity index (χ2v) is 4.49. The minimum Gasteiger partial charge on any atom is -0.330 e. The summed E-state index contributed by atoms with van der Waals surface area (Å²) in [4.78, 5) is 13.7. The Morgan fingerprint density at radius 2 is 1.84 bits per heavy atom. The molecular weight excluding hydrogens is 248 g/mol. The molecule has 0 saturated carbocycles. The molecular formula is C15H10F2NO. The standard InChI is InChI=1S/C15H10F2NO/c16-13-6-11-9-18(8-10-4-2-1-3-5-10)15(19)12(11)7-14(13)17/h2-7H,8-9H2. The molecule has 2 aromatic carbocycles. The largest absolute Gasteiger partial charge is 0.330 e. The maximum atomic E-state index is 13.2. The lowest BCUT2D eigenvalue weighted by molar-refractivity contribution is 0.0766. The summed E-state index contributed by atoms with van der Waals surface area (Å²) in [5, 5.41) is 0. The molecule has 2 aromatic rings.